The van der Waals surface area contributed by atoms with Crippen LogP contribution in [0.15, 0.2) is 24.3 Å². The van der Waals surface area contributed by atoms with Crippen LogP contribution in [-0.4, -0.2) is 12.6 Å². The number of aryl methyl sites for hydroxylation is 1. The van der Waals surface area contributed by atoms with Crippen molar-refractivity contribution in [2.45, 2.75) is 64.8 Å². The molecule has 0 amide bonds. The fourth-order valence-corrected chi connectivity index (χ4v) is 5.17. The molecular weight excluding hydrogens is 242 g/mol. The third kappa shape index (κ3) is 1.86. The highest BCUT2D eigenvalue weighted by Crippen LogP contribution is 2.64. The maximum atomic E-state index is 3.89. The van der Waals surface area contributed by atoms with E-state index in [1.807, 2.05) is 0 Å². The molecule has 3 atom stereocenters. The van der Waals surface area contributed by atoms with Gasteiger partial charge in [-0.1, -0.05) is 45.0 Å². The van der Waals surface area contributed by atoms with Gasteiger partial charge < -0.3 is 5.32 Å². The van der Waals surface area contributed by atoms with E-state index in [4.69, 9.17) is 0 Å². The van der Waals surface area contributed by atoms with Crippen molar-refractivity contribution in [3.8, 4) is 0 Å². The highest BCUT2D eigenvalue weighted by atomic mass is 15.0. The summed E-state index contributed by atoms with van der Waals surface area (Å²) in [5.74, 6) is 1.67. The zero-order valence-electron chi connectivity index (χ0n) is 13.3. The molecule has 3 rings (SSSR count). The van der Waals surface area contributed by atoms with E-state index in [1.54, 1.807) is 11.1 Å². The second-order valence-electron chi connectivity index (χ2n) is 6.75. The Morgan fingerprint density at radius 2 is 1.90 bits per heavy atom. The van der Waals surface area contributed by atoms with E-state index in [9.17, 15) is 0 Å². The van der Waals surface area contributed by atoms with E-state index in [2.05, 4.69) is 50.4 Å². The highest BCUT2D eigenvalue weighted by Gasteiger charge is 2.60. The summed E-state index contributed by atoms with van der Waals surface area (Å²) in [7, 11) is 0. The molecule has 0 saturated heterocycles. The van der Waals surface area contributed by atoms with E-state index in [-0.39, 0.29) is 0 Å². The molecule has 1 saturated carbocycles. The van der Waals surface area contributed by atoms with Gasteiger partial charge in [0.2, 0.25) is 0 Å². The maximum Gasteiger partial charge on any atom is 0.0164 e. The van der Waals surface area contributed by atoms with Crippen LogP contribution in [0.5, 0.6) is 0 Å². The molecule has 1 aromatic rings. The second-order valence-corrected chi connectivity index (χ2v) is 6.75. The van der Waals surface area contributed by atoms with Crippen molar-refractivity contribution < 1.29 is 0 Å². The van der Waals surface area contributed by atoms with Gasteiger partial charge >= 0.3 is 0 Å². The Kier molecular flexibility index (Phi) is 3.90. The average molecular weight is 271 g/mol. The zero-order chi connectivity index (χ0) is 14.2. The summed E-state index contributed by atoms with van der Waals surface area (Å²) < 4.78 is 0. The van der Waals surface area contributed by atoms with Crippen LogP contribution >= 0.6 is 0 Å². The van der Waals surface area contributed by atoms with Crippen LogP contribution in [0.25, 0.3) is 0 Å². The van der Waals surface area contributed by atoms with Crippen LogP contribution < -0.4 is 5.32 Å². The van der Waals surface area contributed by atoms with Gasteiger partial charge in [-0.2, -0.15) is 0 Å². The fourth-order valence-electron chi connectivity index (χ4n) is 5.17. The van der Waals surface area contributed by atoms with Crippen LogP contribution in [0.3, 0.4) is 0 Å². The summed E-state index contributed by atoms with van der Waals surface area (Å²) in [6.07, 6.45) is 6.52. The normalized spacial score (nSPS) is 30.2. The fraction of sp³-hybridized carbons (Fsp3) is 0.684. The Morgan fingerprint density at radius 3 is 2.60 bits per heavy atom. The Bertz CT molecular complexity index is 461. The van der Waals surface area contributed by atoms with Gasteiger partial charge in [0.1, 0.15) is 0 Å². The van der Waals surface area contributed by atoms with Crippen molar-refractivity contribution in [1.82, 2.24) is 5.32 Å². The van der Waals surface area contributed by atoms with Gasteiger partial charge in [-0.15, -0.1) is 0 Å². The molecule has 0 spiro atoms. The van der Waals surface area contributed by atoms with Gasteiger partial charge in [0, 0.05) is 6.04 Å². The van der Waals surface area contributed by atoms with Crippen LogP contribution in [0.1, 0.15) is 63.5 Å². The van der Waals surface area contributed by atoms with E-state index < -0.39 is 0 Å². The summed E-state index contributed by atoms with van der Waals surface area (Å²) in [5.41, 5.74) is 3.78. The average Bonchev–Trinajstić information content (AvgIpc) is 2.49. The molecule has 1 heteroatoms. The van der Waals surface area contributed by atoms with E-state index in [0.29, 0.717) is 5.41 Å². The first-order valence-corrected chi connectivity index (χ1v) is 8.59. The zero-order valence-corrected chi connectivity index (χ0v) is 13.3. The lowest BCUT2D eigenvalue weighted by molar-refractivity contribution is -0.0579. The van der Waals surface area contributed by atoms with Crippen LogP contribution in [-0.2, 0) is 6.42 Å². The van der Waals surface area contributed by atoms with Crippen molar-refractivity contribution in [2.24, 2.45) is 11.3 Å². The minimum atomic E-state index is 0.496. The van der Waals surface area contributed by atoms with Gasteiger partial charge in [-0.05, 0) is 67.0 Å². The smallest absolute Gasteiger partial charge is 0.0164 e. The third-order valence-corrected chi connectivity index (χ3v) is 6.16. The first-order valence-electron chi connectivity index (χ1n) is 8.59. The van der Waals surface area contributed by atoms with Crippen LogP contribution in [0.2, 0.25) is 0 Å². The van der Waals surface area contributed by atoms with Crippen molar-refractivity contribution in [3.05, 3.63) is 35.4 Å². The molecule has 0 radical (unpaired) electrons. The second kappa shape index (κ2) is 5.52. The molecule has 3 unspecified atom stereocenters. The first-order chi connectivity index (χ1) is 9.78. The Hall–Kier alpha value is -0.820. The molecule has 2 aliphatic rings. The number of fused-ring (bicyclic) bond motifs is 3. The minimum Gasteiger partial charge on any atom is -0.313 e. The summed E-state index contributed by atoms with van der Waals surface area (Å²) in [4.78, 5) is 0. The molecular formula is C19H29N. The number of hydrogen-bond acceptors (Lipinski definition) is 1. The number of nitrogens with one attached hydrogen (secondary N) is 1. The molecule has 2 aliphatic carbocycles. The summed E-state index contributed by atoms with van der Waals surface area (Å²) in [6.45, 7) is 8.26. The maximum absolute atomic E-state index is 3.89. The largest absolute Gasteiger partial charge is 0.313 e. The number of benzene rings is 1. The molecule has 110 valence electrons. The minimum absolute atomic E-state index is 0.496. The molecule has 1 fully saturated rings. The molecule has 0 bridgehead atoms. The molecule has 0 aliphatic heterocycles. The van der Waals surface area contributed by atoms with Gasteiger partial charge in [0.15, 0.2) is 0 Å². The topological polar surface area (TPSA) is 12.0 Å². The predicted molar refractivity (Wildman–Crippen MR) is 86.1 cm³/mol. The monoisotopic (exact) mass is 271 g/mol. The summed E-state index contributed by atoms with van der Waals surface area (Å²) in [6, 6.07) is 9.96. The molecule has 20 heavy (non-hydrogen) atoms. The third-order valence-electron chi connectivity index (χ3n) is 6.16. The Labute approximate surface area is 124 Å². The van der Waals surface area contributed by atoms with Crippen molar-refractivity contribution in [2.75, 3.05) is 6.54 Å². The standard InChI is InChI=1S/C19H29N/c1-4-13-20-18-16-12-11-14-9-7-8-10-15(14)17(16)19(18,5-2)6-3/h7-10,16-18,20H,4-6,11-13H2,1-3H3. The molecule has 1 N–H and O–H groups in total. The molecule has 0 heterocycles. The lowest BCUT2D eigenvalue weighted by Crippen LogP contribution is -2.66. The SMILES string of the molecule is CCCNC1C2CCc3ccccc3C2C1(CC)CC. The Balaban J connectivity index is 1.94. The summed E-state index contributed by atoms with van der Waals surface area (Å²) in [5, 5.41) is 3.89. The van der Waals surface area contributed by atoms with Crippen LogP contribution in [0, 0.1) is 11.3 Å². The summed E-state index contributed by atoms with van der Waals surface area (Å²) >= 11 is 0. The van der Waals surface area contributed by atoms with Crippen LogP contribution in [0.4, 0.5) is 0 Å². The van der Waals surface area contributed by atoms with Crippen molar-refractivity contribution in [3.63, 3.8) is 0 Å². The predicted octanol–water partition coefficient (Wildman–Crippen LogP) is 4.52. The molecule has 1 nitrogen and oxygen atoms in total. The lowest BCUT2D eigenvalue weighted by atomic mass is 9.43. The molecule has 1 aromatic carbocycles. The van der Waals surface area contributed by atoms with Gasteiger partial charge in [0.25, 0.3) is 0 Å². The molecule has 0 aromatic heterocycles. The Morgan fingerprint density at radius 1 is 1.15 bits per heavy atom. The van der Waals surface area contributed by atoms with Crippen molar-refractivity contribution in [1.29, 1.82) is 0 Å². The van der Waals surface area contributed by atoms with E-state index >= 15 is 0 Å². The first kappa shape index (κ1) is 14.1. The lowest BCUT2D eigenvalue weighted by Gasteiger charge is -2.64. The van der Waals surface area contributed by atoms with E-state index in [1.165, 1.54) is 38.6 Å². The van der Waals surface area contributed by atoms with Crippen molar-refractivity contribution >= 4 is 0 Å². The quantitative estimate of drug-likeness (QED) is 0.830. The van der Waals surface area contributed by atoms with Gasteiger partial charge in [0.05, 0.1) is 0 Å². The highest BCUT2D eigenvalue weighted by molar-refractivity contribution is 5.40. The number of hydrogen-bond donors (Lipinski definition) is 1. The number of rotatable bonds is 5. The van der Waals surface area contributed by atoms with Gasteiger partial charge in [-0.3, -0.25) is 0 Å². The van der Waals surface area contributed by atoms with Gasteiger partial charge in [-0.25, -0.2) is 0 Å². The van der Waals surface area contributed by atoms with E-state index in [0.717, 1.165) is 17.9 Å².